The highest BCUT2D eigenvalue weighted by molar-refractivity contribution is 6.01. The number of hydrogen-bond donors (Lipinski definition) is 0. The molecule has 1 aliphatic carbocycles. The summed E-state index contributed by atoms with van der Waals surface area (Å²) in [6, 6.07) is 16.8. The number of Topliss-reactive ketones (excluding diaryl/α,β-unsaturated/α-hetero) is 1. The number of rotatable bonds is 13. The van der Waals surface area contributed by atoms with Crippen LogP contribution >= 0.6 is 0 Å². The van der Waals surface area contributed by atoms with E-state index in [0.29, 0.717) is 25.4 Å². The average molecular weight is 407 g/mol. The first-order chi connectivity index (χ1) is 14.6. The van der Waals surface area contributed by atoms with Gasteiger partial charge in [0.25, 0.3) is 0 Å². The zero-order valence-electron chi connectivity index (χ0n) is 19.1. The van der Waals surface area contributed by atoms with E-state index in [1.807, 2.05) is 0 Å². The molecule has 0 N–H and O–H groups in total. The predicted molar refractivity (Wildman–Crippen MR) is 126 cm³/mol. The van der Waals surface area contributed by atoms with E-state index in [-0.39, 0.29) is 0 Å². The van der Waals surface area contributed by atoms with Crippen LogP contribution in [0.3, 0.4) is 0 Å². The van der Waals surface area contributed by atoms with E-state index in [4.69, 9.17) is 4.74 Å². The summed E-state index contributed by atoms with van der Waals surface area (Å²) in [7, 11) is 0. The van der Waals surface area contributed by atoms with Gasteiger partial charge < -0.3 is 4.74 Å². The molecule has 0 radical (unpaired) electrons. The van der Waals surface area contributed by atoms with Gasteiger partial charge in [-0.05, 0) is 41.0 Å². The Balaban J connectivity index is 1.81. The molecule has 0 unspecified atom stereocenters. The highest BCUT2D eigenvalue weighted by atomic mass is 16.5. The summed E-state index contributed by atoms with van der Waals surface area (Å²) >= 11 is 0. The van der Waals surface area contributed by atoms with Crippen LogP contribution in [-0.2, 0) is 14.9 Å². The third-order valence-corrected chi connectivity index (χ3v) is 6.44. The first kappa shape index (κ1) is 22.7. The largest absolute Gasteiger partial charge is 0.380 e. The minimum atomic E-state index is -0.654. The van der Waals surface area contributed by atoms with Gasteiger partial charge >= 0.3 is 0 Å². The molecule has 0 bridgehead atoms. The molecule has 0 saturated heterocycles. The van der Waals surface area contributed by atoms with Crippen LogP contribution in [0.2, 0.25) is 0 Å². The molecule has 1 aliphatic rings. The van der Waals surface area contributed by atoms with E-state index in [0.717, 1.165) is 42.7 Å². The number of ether oxygens (including phenoxy) is 1. The molecule has 0 atom stereocenters. The summed E-state index contributed by atoms with van der Waals surface area (Å²) < 4.78 is 6.15. The van der Waals surface area contributed by atoms with Gasteiger partial charge in [0.2, 0.25) is 0 Å². The highest BCUT2D eigenvalue weighted by Crippen LogP contribution is 2.50. The molecule has 0 spiro atoms. The number of carbonyl (C=O) groups excluding carboxylic acids is 1. The van der Waals surface area contributed by atoms with Crippen LogP contribution in [0, 0.1) is 5.92 Å². The fraction of sp³-hybridized carbons (Fsp3) is 0.536. The van der Waals surface area contributed by atoms with Gasteiger partial charge in [0, 0.05) is 13.0 Å². The SMILES string of the molecule is CCCCOCC1(C(=O)CCCCCCC(C)C)c2ccccc2-c2ccccc21. The van der Waals surface area contributed by atoms with Crippen LogP contribution in [0.4, 0.5) is 0 Å². The summed E-state index contributed by atoms with van der Waals surface area (Å²) in [4.78, 5) is 13.8. The van der Waals surface area contributed by atoms with Gasteiger partial charge in [0.1, 0.15) is 11.2 Å². The molecular formula is C28H38O2. The average Bonchev–Trinajstić information content (AvgIpc) is 3.04. The number of ketones is 1. The second-order valence-electron chi connectivity index (χ2n) is 9.17. The molecule has 0 aromatic heterocycles. The van der Waals surface area contributed by atoms with Crippen molar-refractivity contribution in [2.45, 2.75) is 77.6 Å². The van der Waals surface area contributed by atoms with Crippen molar-refractivity contribution < 1.29 is 9.53 Å². The lowest BCUT2D eigenvalue weighted by molar-refractivity contribution is -0.125. The van der Waals surface area contributed by atoms with E-state index in [1.165, 1.54) is 30.4 Å². The van der Waals surface area contributed by atoms with Crippen molar-refractivity contribution in [3.8, 4) is 11.1 Å². The molecule has 2 aromatic rings. The summed E-state index contributed by atoms with van der Waals surface area (Å²) in [5, 5.41) is 0. The van der Waals surface area contributed by atoms with Crippen molar-refractivity contribution in [1.29, 1.82) is 0 Å². The summed E-state index contributed by atoms with van der Waals surface area (Å²) in [6.07, 6.45) is 8.63. The Morgan fingerprint density at radius 2 is 1.47 bits per heavy atom. The number of hydrogen-bond acceptors (Lipinski definition) is 2. The Bertz CT molecular complexity index is 775. The quantitative estimate of drug-likeness (QED) is 0.325. The molecule has 0 amide bonds. The maximum absolute atomic E-state index is 13.8. The normalized spacial score (nSPS) is 14.0. The van der Waals surface area contributed by atoms with Crippen molar-refractivity contribution in [3.05, 3.63) is 59.7 Å². The maximum atomic E-state index is 13.8. The molecule has 0 fully saturated rings. The molecule has 0 heterocycles. The first-order valence-electron chi connectivity index (χ1n) is 11.9. The summed E-state index contributed by atoms with van der Waals surface area (Å²) in [5.41, 5.74) is 3.99. The molecule has 162 valence electrons. The fourth-order valence-electron chi connectivity index (χ4n) is 4.74. The van der Waals surface area contributed by atoms with Crippen molar-refractivity contribution in [2.75, 3.05) is 13.2 Å². The van der Waals surface area contributed by atoms with Crippen molar-refractivity contribution >= 4 is 5.78 Å². The van der Waals surface area contributed by atoms with Gasteiger partial charge in [-0.2, -0.15) is 0 Å². The first-order valence-corrected chi connectivity index (χ1v) is 11.9. The van der Waals surface area contributed by atoms with Crippen molar-refractivity contribution in [3.63, 3.8) is 0 Å². The van der Waals surface area contributed by atoms with E-state index in [2.05, 4.69) is 69.3 Å². The fourth-order valence-corrected chi connectivity index (χ4v) is 4.74. The van der Waals surface area contributed by atoms with Crippen LogP contribution in [0.15, 0.2) is 48.5 Å². The lowest BCUT2D eigenvalue weighted by atomic mass is 9.73. The lowest BCUT2D eigenvalue weighted by Gasteiger charge is -2.30. The number of carbonyl (C=O) groups is 1. The standard InChI is InChI=1S/C28H38O2/c1-4-5-20-30-21-28(27(29)19-9-7-6-8-14-22(2)3)25-17-12-10-15-23(25)24-16-11-13-18-26(24)28/h10-13,15-18,22H,4-9,14,19-21H2,1-3H3. The van der Waals surface area contributed by atoms with Crippen molar-refractivity contribution in [1.82, 2.24) is 0 Å². The minimum Gasteiger partial charge on any atom is -0.380 e. The Labute approximate surface area is 183 Å². The molecule has 30 heavy (non-hydrogen) atoms. The number of fused-ring (bicyclic) bond motifs is 3. The lowest BCUT2D eigenvalue weighted by Crippen LogP contribution is -2.40. The van der Waals surface area contributed by atoms with E-state index >= 15 is 0 Å². The molecule has 3 rings (SSSR count). The van der Waals surface area contributed by atoms with Gasteiger partial charge in [-0.3, -0.25) is 4.79 Å². The van der Waals surface area contributed by atoms with Gasteiger partial charge in [0.15, 0.2) is 0 Å². The summed E-state index contributed by atoms with van der Waals surface area (Å²) in [5.74, 6) is 1.09. The summed E-state index contributed by atoms with van der Waals surface area (Å²) in [6.45, 7) is 7.89. The van der Waals surface area contributed by atoms with Crippen LogP contribution in [0.5, 0.6) is 0 Å². The van der Waals surface area contributed by atoms with Gasteiger partial charge in [-0.25, -0.2) is 0 Å². The topological polar surface area (TPSA) is 26.3 Å². The van der Waals surface area contributed by atoms with Crippen LogP contribution in [0.25, 0.3) is 11.1 Å². The molecule has 2 heteroatoms. The second-order valence-corrected chi connectivity index (χ2v) is 9.17. The Kier molecular flexibility index (Phi) is 8.27. The monoisotopic (exact) mass is 406 g/mol. The molecular weight excluding hydrogens is 368 g/mol. The highest BCUT2D eigenvalue weighted by Gasteiger charge is 2.48. The van der Waals surface area contributed by atoms with Gasteiger partial charge in [-0.15, -0.1) is 0 Å². The van der Waals surface area contributed by atoms with Crippen molar-refractivity contribution in [2.24, 2.45) is 5.92 Å². The maximum Gasteiger partial charge on any atom is 0.150 e. The van der Waals surface area contributed by atoms with E-state index < -0.39 is 5.41 Å². The van der Waals surface area contributed by atoms with Crippen LogP contribution < -0.4 is 0 Å². The van der Waals surface area contributed by atoms with Gasteiger partial charge in [-0.1, -0.05) is 101 Å². The number of unbranched alkanes of at least 4 members (excludes halogenated alkanes) is 4. The molecule has 2 aromatic carbocycles. The Hall–Kier alpha value is -1.93. The molecule has 0 aliphatic heterocycles. The van der Waals surface area contributed by atoms with E-state index in [1.54, 1.807) is 0 Å². The Morgan fingerprint density at radius 1 is 0.867 bits per heavy atom. The van der Waals surface area contributed by atoms with E-state index in [9.17, 15) is 4.79 Å². The van der Waals surface area contributed by atoms with Gasteiger partial charge in [0.05, 0.1) is 6.61 Å². The predicted octanol–water partition coefficient (Wildman–Crippen LogP) is 7.34. The minimum absolute atomic E-state index is 0.320. The van der Waals surface area contributed by atoms with Crippen LogP contribution in [-0.4, -0.2) is 19.0 Å². The molecule has 0 saturated carbocycles. The third kappa shape index (κ3) is 4.86. The third-order valence-electron chi connectivity index (χ3n) is 6.44. The Morgan fingerprint density at radius 3 is 2.07 bits per heavy atom. The zero-order valence-corrected chi connectivity index (χ0v) is 19.1. The van der Waals surface area contributed by atoms with Crippen LogP contribution in [0.1, 0.15) is 83.3 Å². The zero-order chi connectivity index (χ0) is 21.4. The molecule has 2 nitrogen and oxygen atoms in total. The smallest absolute Gasteiger partial charge is 0.150 e. The second kappa shape index (κ2) is 10.9. The number of benzene rings is 2.